The smallest absolute Gasteiger partial charge is 0.281 e. The topological polar surface area (TPSA) is 96.0 Å². The molecular weight excluding hydrogens is 118 g/mol. The van der Waals surface area contributed by atoms with Crippen LogP contribution in [0.4, 0.5) is 0 Å². The maximum atomic E-state index is 9.72. The Bertz CT molecular complexity index is 146. The molecule has 0 fully saturated rings. The number of hydrogen-bond donors (Lipinski definition) is 3. The molecule has 1 radical (unpaired) electrons. The molecule has 4 N–H and O–H groups in total. The third kappa shape index (κ3) is 5.38. The zero-order chi connectivity index (χ0) is 5.91. The lowest BCUT2D eigenvalue weighted by Crippen LogP contribution is -2.28. The van der Waals surface area contributed by atoms with Crippen LogP contribution in [-0.4, -0.2) is 14.8 Å². The summed E-state index contributed by atoms with van der Waals surface area (Å²) >= 11 is 0. The lowest BCUT2D eigenvalue weighted by molar-refractivity contribution is 0.595. The van der Waals surface area contributed by atoms with Crippen LogP contribution in [-0.2, 0) is 10.2 Å². The molecule has 0 aromatic rings. The minimum absolute atomic E-state index is 1.39. The Balaban J connectivity index is 3.84. The number of hydrogen-bond acceptors (Lipinski definition) is 3. The monoisotopic (exact) mass is 122 g/mol. The van der Waals surface area contributed by atoms with Gasteiger partial charge in [-0.1, -0.05) is 0 Å². The Morgan fingerprint density at radius 3 is 2.14 bits per heavy atom. The van der Waals surface area contributed by atoms with E-state index in [1.807, 2.05) is 0 Å². The summed E-state index contributed by atoms with van der Waals surface area (Å²) in [6.07, 6.45) is 1.39. The van der Waals surface area contributed by atoms with Crippen LogP contribution in [0.15, 0.2) is 0 Å². The molecule has 0 unspecified atom stereocenters. The summed E-state index contributed by atoms with van der Waals surface area (Å²) in [6.45, 7) is 0. The van der Waals surface area contributed by atoms with Gasteiger partial charge >= 0.3 is 0 Å². The van der Waals surface area contributed by atoms with Crippen LogP contribution in [0, 0.1) is 5.41 Å². The SMILES string of the molecule is N=[C]NS(N)(=O)=O. The van der Waals surface area contributed by atoms with Crippen molar-refractivity contribution in [1.29, 1.82) is 5.41 Å². The molecule has 0 saturated carbocycles. The molecule has 0 heterocycles. The molecule has 0 saturated heterocycles. The highest BCUT2D eigenvalue weighted by Crippen LogP contribution is 1.55. The summed E-state index contributed by atoms with van der Waals surface area (Å²) < 4.78 is 20.9. The highest BCUT2D eigenvalue weighted by Gasteiger charge is 1.91. The highest BCUT2D eigenvalue weighted by atomic mass is 32.2. The summed E-state index contributed by atoms with van der Waals surface area (Å²) in [5.41, 5.74) is 0. The van der Waals surface area contributed by atoms with Gasteiger partial charge in [-0.25, -0.2) is 5.14 Å². The first-order valence-corrected chi connectivity index (χ1v) is 2.82. The number of nitrogens with one attached hydrogen (secondary N) is 2. The summed E-state index contributed by atoms with van der Waals surface area (Å²) in [4.78, 5) is 0. The quantitative estimate of drug-likeness (QED) is 0.230. The van der Waals surface area contributed by atoms with E-state index in [1.54, 1.807) is 0 Å². The van der Waals surface area contributed by atoms with E-state index in [0.29, 0.717) is 0 Å². The second-order valence-electron chi connectivity index (χ2n) is 0.772. The van der Waals surface area contributed by atoms with E-state index in [1.165, 1.54) is 11.1 Å². The molecule has 0 aliphatic carbocycles. The summed E-state index contributed by atoms with van der Waals surface area (Å²) in [5, 5.41) is 10.4. The molecule has 7 heavy (non-hydrogen) atoms. The van der Waals surface area contributed by atoms with Gasteiger partial charge in [-0.15, -0.1) is 0 Å². The first kappa shape index (κ1) is 6.38. The predicted molar refractivity (Wildman–Crippen MR) is 24.0 cm³/mol. The average molecular weight is 122 g/mol. The van der Waals surface area contributed by atoms with Gasteiger partial charge in [-0.05, 0) is 0 Å². The van der Waals surface area contributed by atoms with E-state index >= 15 is 0 Å². The fraction of sp³-hybridized carbons (Fsp3) is 0. The van der Waals surface area contributed by atoms with Crippen LogP contribution in [0.2, 0.25) is 0 Å². The van der Waals surface area contributed by atoms with E-state index in [9.17, 15) is 8.42 Å². The van der Waals surface area contributed by atoms with Gasteiger partial charge in [0.1, 0.15) is 0 Å². The minimum Gasteiger partial charge on any atom is -0.281 e. The summed E-state index contributed by atoms with van der Waals surface area (Å²) in [6, 6.07) is 0. The molecule has 41 valence electrons. The van der Waals surface area contributed by atoms with Crippen LogP contribution in [0.3, 0.4) is 0 Å². The van der Waals surface area contributed by atoms with Crippen molar-refractivity contribution in [3.63, 3.8) is 0 Å². The van der Waals surface area contributed by atoms with E-state index < -0.39 is 10.2 Å². The Morgan fingerprint density at radius 2 is 2.14 bits per heavy atom. The largest absolute Gasteiger partial charge is 0.297 e. The second-order valence-corrected chi connectivity index (χ2v) is 2.07. The lowest BCUT2D eigenvalue weighted by atomic mass is 11.4. The Morgan fingerprint density at radius 1 is 1.71 bits per heavy atom. The van der Waals surface area contributed by atoms with E-state index in [2.05, 4.69) is 5.14 Å². The van der Waals surface area contributed by atoms with Gasteiger partial charge in [0.2, 0.25) is 0 Å². The van der Waals surface area contributed by atoms with E-state index in [0.717, 1.165) is 0 Å². The fourth-order valence-electron chi connectivity index (χ4n) is 0.0711. The second kappa shape index (κ2) is 1.90. The van der Waals surface area contributed by atoms with Gasteiger partial charge in [-0.2, -0.15) is 8.42 Å². The van der Waals surface area contributed by atoms with Crippen molar-refractivity contribution >= 4 is 16.5 Å². The van der Waals surface area contributed by atoms with Crippen molar-refractivity contribution in [2.75, 3.05) is 0 Å². The van der Waals surface area contributed by atoms with Gasteiger partial charge in [-0.3, -0.25) is 10.1 Å². The van der Waals surface area contributed by atoms with Crippen LogP contribution < -0.4 is 9.86 Å². The zero-order valence-corrected chi connectivity index (χ0v) is 4.12. The van der Waals surface area contributed by atoms with E-state index in [4.69, 9.17) is 5.41 Å². The fourth-order valence-corrected chi connectivity index (χ4v) is 0.213. The molecule has 0 spiro atoms. The van der Waals surface area contributed by atoms with Crippen molar-refractivity contribution in [1.82, 2.24) is 4.72 Å². The maximum absolute atomic E-state index is 9.72. The molecular formula is CH4N3O2S. The van der Waals surface area contributed by atoms with Crippen LogP contribution in [0.5, 0.6) is 0 Å². The molecule has 0 amide bonds. The molecule has 0 aliphatic heterocycles. The first-order valence-electron chi connectivity index (χ1n) is 1.27. The van der Waals surface area contributed by atoms with Crippen LogP contribution in [0.1, 0.15) is 0 Å². The van der Waals surface area contributed by atoms with Crippen molar-refractivity contribution in [2.45, 2.75) is 0 Å². The summed E-state index contributed by atoms with van der Waals surface area (Å²) in [7, 11) is -3.72. The van der Waals surface area contributed by atoms with Crippen molar-refractivity contribution in [3.8, 4) is 0 Å². The van der Waals surface area contributed by atoms with Gasteiger partial charge in [0.05, 0.1) is 0 Å². The molecule has 0 rings (SSSR count). The van der Waals surface area contributed by atoms with Crippen LogP contribution in [0.25, 0.3) is 0 Å². The first-order chi connectivity index (χ1) is 3.06. The van der Waals surface area contributed by atoms with Gasteiger partial charge in [0.25, 0.3) is 10.2 Å². The number of nitrogens with two attached hydrogens (primary N) is 1. The zero-order valence-electron chi connectivity index (χ0n) is 3.30. The van der Waals surface area contributed by atoms with Gasteiger partial charge in [0, 0.05) is 0 Å². The minimum atomic E-state index is -3.72. The molecule has 6 heteroatoms. The van der Waals surface area contributed by atoms with Crippen molar-refractivity contribution < 1.29 is 8.42 Å². The third-order valence-electron chi connectivity index (χ3n) is 0.193. The maximum Gasteiger partial charge on any atom is 0.297 e. The standard InChI is InChI=1S/CH4N3O2S/c2-1-4-7(3,5)6/h(H2,2,4)(H2,3,5,6). The van der Waals surface area contributed by atoms with Gasteiger partial charge < -0.3 is 0 Å². The van der Waals surface area contributed by atoms with Gasteiger partial charge in [0.15, 0.2) is 6.34 Å². The van der Waals surface area contributed by atoms with Crippen LogP contribution >= 0.6 is 0 Å². The Labute approximate surface area is 41.2 Å². The highest BCUT2D eigenvalue weighted by molar-refractivity contribution is 7.87. The molecule has 0 aromatic heterocycles. The van der Waals surface area contributed by atoms with Crippen molar-refractivity contribution in [3.05, 3.63) is 0 Å². The Kier molecular flexibility index (Phi) is 1.73. The average Bonchev–Trinajstić information content (AvgIpc) is 1.30. The lowest BCUT2D eigenvalue weighted by Gasteiger charge is -1.87. The molecule has 0 atom stereocenters. The van der Waals surface area contributed by atoms with E-state index in [-0.39, 0.29) is 0 Å². The summed E-state index contributed by atoms with van der Waals surface area (Å²) in [5.74, 6) is 0. The molecule has 0 aliphatic rings. The molecule has 5 nitrogen and oxygen atoms in total. The number of rotatable bonds is 2. The van der Waals surface area contributed by atoms with Crippen molar-refractivity contribution in [2.24, 2.45) is 5.14 Å². The molecule has 0 bridgehead atoms. The normalized spacial score (nSPS) is 10.4. The Hall–Kier alpha value is -0.620. The predicted octanol–water partition coefficient (Wildman–Crippen LogP) is -1.74. The third-order valence-corrected chi connectivity index (χ3v) is 0.580. The molecule has 0 aromatic carbocycles.